The second kappa shape index (κ2) is 8.12. The minimum atomic E-state index is 0.605. The van der Waals surface area contributed by atoms with Gasteiger partial charge in [-0.1, -0.05) is 0 Å². The summed E-state index contributed by atoms with van der Waals surface area (Å²) in [6.45, 7) is 3.72. The first-order chi connectivity index (χ1) is 9.81. The molecule has 2 rings (SSSR count). The van der Waals surface area contributed by atoms with Crippen LogP contribution in [0, 0.1) is 5.92 Å². The molecule has 0 saturated carbocycles. The lowest BCUT2D eigenvalue weighted by atomic mass is 9.97. The van der Waals surface area contributed by atoms with Crippen LogP contribution in [0.15, 0.2) is 18.2 Å². The van der Waals surface area contributed by atoms with E-state index in [9.17, 15) is 0 Å². The minimum Gasteiger partial charge on any atom is -0.497 e. The summed E-state index contributed by atoms with van der Waals surface area (Å²) in [6.07, 6.45) is 3.75. The molecule has 1 aromatic carbocycles. The smallest absolute Gasteiger partial charge is 0.122 e. The molecule has 0 spiro atoms. The van der Waals surface area contributed by atoms with Gasteiger partial charge >= 0.3 is 0 Å². The van der Waals surface area contributed by atoms with Crippen molar-refractivity contribution in [3.05, 3.63) is 23.8 Å². The maximum atomic E-state index is 5.78. The first-order valence-electron chi connectivity index (χ1n) is 7.32. The number of benzene rings is 1. The van der Waals surface area contributed by atoms with E-state index in [-0.39, 0.29) is 0 Å². The third-order valence-corrected chi connectivity index (χ3v) is 3.75. The number of ether oxygens (including phenoxy) is 3. The average Bonchev–Trinajstić information content (AvgIpc) is 2.52. The van der Waals surface area contributed by atoms with Gasteiger partial charge in [-0.3, -0.25) is 0 Å². The second-order valence-corrected chi connectivity index (χ2v) is 5.27. The Hall–Kier alpha value is -1.26. The van der Waals surface area contributed by atoms with Crippen LogP contribution in [0.3, 0.4) is 0 Å². The molecular weight excluding hydrogens is 254 g/mol. The molecule has 0 bridgehead atoms. The van der Waals surface area contributed by atoms with E-state index in [0.29, 0.717) is 6.61 Å². The van der Waals surface area contributed by atoms with Gasteiger partial charge in [-0.25, -0.2) is 0 Å². The first kappa shape index (κ1) is 15.1. The predicted octanol–water partition coefficient (Wildman–Crippen LogP) is 2.61. The summed E-state index contributed by atoms with van der Waals surface area (Å²) in [4.78, 5) is 0. The van der Waals surface area contributed by atoms with E-state index in [0.717, 1.165) is 42.6 Å². The molecular formula is C16H25NO3. The van der Waals surface area contributed by atoms with Crippen LogP contribution in [0.1, 0.15) is 24.8 Å². The van der Waals surface area contributed by atoms with E-state index >= 15 is 0 Å². The van der Waals surface area contributed by atoms with Crippen molar-refractivity contribution in [3.63, 3.8) is 0 Å². The summed E-state index contributed by atoms with van der Waals surface area (Å²) >= 11 is 0. The molecule has 112 valence electrons. The molecule has 1 fully saturated rings. The molecule has 1 saturated heterocycles. The van der Waals surface area contributed by atoms with Crippen LogP contribution in [0.2, 0.25) is 0 Å². The van der Waals surface area contributed by atoms with E-state index in [1.807, 2.05) is 18.2 Å². The number of hydrogen-bond acceptors (Lipinski definition) is 4. The summed E-state index contributed by atoms with van der Waals surface area (Å²) in [7, 11) is 3.32. The van der Waals surface area contributed by atoms with Crippen molar-refractivity contribution in [2.45, 2.75) is 25.9 Å². The lowest BCUT2D eigenvalue weighted by molar-refractivity contribution is 0.103. The van der Waals surface area contributed by atoms with Crippen molar-refractivity contribution in [2.75, 3.05) is 33.9 Å². The molecule has 1 N–H and O–H groups in total. The molecule has 4 nitrogen and oxygen atoms in total. The molecule has 0 unspecified atom stereocenters. The molecule has 1 atom stereocenters. The van der Waals surface area contributed by atoms with Gasteiger partial charge in [0.15, 0.2) is 0 Å². The van der Waals surface area contributed by atoms with E-state index in [1.54, 1.807) is 14.2 Å². The van der Waals surface area contributed by atoms with Crippen LogP contribution in [0.5, 0.6) is 11.5 Å². The fraction of sp³-hybridized carbons (Fsp3) is 0.625. The minimum absolute atomic E-state index is 0.605. The van der Waals surface area contributed by atoms with Gasteiger partial charge in [-0.2, -0.15) is 0 Å². The third-order valence-electron chi connectivity index (χ3n) is 3.75. The Morgan fingerprint density at radius 3 is 2.50 bits per heavy atom. The quantitative estimate of drug-likeness (QED) is 0.779. The van der Waals surface area contributed by atoms with Crippen molar-refractivity contribution in [1.29, 1.82) is 0 Å². The Balaban J connectivity index is 1.75. The maximum absolute atomic E-state index is 5.78. The number of piperidine rings is 1. The molecule has 0 amide bonds. The summed E-state index contributed by atoms with van der Waals surface area (Å²) in [5, 5.41) is 3.43. The summed E-state index contributed by atoms with van der Waals surface area (Å²) in [5.41, 5.74) is 1.09. The van der Waals surface area contributed by atoms with E-state index in [4.69, 9.17) is 14.2 Å². The lowest BCUT2D eigenvalue weighted by Crippen LogP contribution is -2.30. The zero-order valence-electron chi connectivity index (χ0n) is 12.5. The second-order valence-electron chi connectivity index (χ2n) is 5.27. The van der Waals surface area contributed by atoms with Crippen molar-refractivity contribution >= 4 is 0 Å². The SMILES string of the molecule is COc1cc(COCC[C@@H]2CCCNC2)cc(OC)c1. The van der Waals surface area contributed by atoms with Gasteiger partial charge in [0, 0.05) is 12.7 Å². The molecule has 0 radical (unpaired) electrons. The van der Waals surface area contributed by atoms with Gasteiger partial charge < -0.3 is 19.5 Å². The van der Waals surface area contributed by atoms with E-state index < -0.39 is 0 Å². The number of nitrogens with one attached hydrogen (secondary N) is 1. The van der Waals surface area contributed by atoms with Gasteiger partial charge in [0.05, 0.1) is 20.8 Å². The third kappa shape index (κ3) is 4.69. The van der Waals surface area contributed by atoms with Gasteiger partial charge in [-0.15, -0.1) is 0 Å². The largest absolute Gasteiger partial charge is 0.497 e. The van der Waals surface area contributed by atoms with Crippen molar-refractivity contribution in [3.8, 4) is 11.5 Å². The Labute approximate surface area is 121 Å². The summed E-state index contributed by atoms with van der Waals surface area (Å²) in [5.74, 6) is 2.38. The van der Waals surface area contributed by atoms with E-state index in [1.165, 1.54) is 19.4 Å². The Kier molecular flexibility index (Phi) is 6.15. The number of methoxy groups -OCH3 is 2. The molecule has 4 heteroatoms. The van der Waals surface area contributed by atoms with Gasteiger partial charge in [0.25, 0.3) is 0 Å². The van der Waals surface area contributed by atoms with Crippen molar-refractivity contribution in [2.24, 2.45) is 5.92 Å². The van der Waals surface area contributed by atoms with Crippen molar-refractivity contribution in [1.82, 2.24) is 5.32 Å². The highest BCUT2D eigenvalue weighted by Crippen LogP contribution is 2.23. The highest BCUT2D eigenvalue weighted by molar-refractivity contribution is 5.38. The zero-order chi connectivity index (χ0) is 14.2. The standard InChI is InChI=1S/C16H25NO3/c1-18-15-8-14(9-16(10-15)19-2)12-20-7-5-13-4-3-6-17-11-13/h8-10,13,17H,3-7,11-12H2,1-2H3/t13-/m0/s1. The highest BCUT2D eigenvalue weighted by Gasteiger charge is 2.12. The van der Waals surface area contributed by atoms with Crippen LogP contribution in [0.25, 0.3) is 0 Å². The molecule has 1 aliphatic heterocycles. The number of rotatable bonds is 7. The molecule has 20 heavy (non-hydrogen) atoms. The first-order valence-corrected chi connectivity index (χ1v) is 7.32. The summed E-state index contributed by atoms with van der Waals surface area (Å²) in [6, 6.07) is 5.85. The number of hydrogen-bond donors (Lipinski definition) is 1. The fourth-order valence-electron chi connectivity index (χ4n) is 2.56. The monoisotopic (exact) mass is 279 g/mol. The Morgan fingerprint density at radius 2 is 1.90 bits per heavy atom. The van der Waals surface area contributed by atoms with Crippen LogP contribution >= 0.6 is 0 Å². The molecule has 1 aliphatic rings. The average molecular weight is 279 g/mol. The van der Waals surface area contributed by atoms with Crippen LogP contribution < -0.4 is 14.8 Å². The summed E-state index contributed by atoms with van der Waals surface area (Å²) < 4.78 is 16.3. The molecule has 0 aliphatic carbocycles. The Morgan fingerprint density at radius 1 is 1.15 bits per heavy atom. The van der Waals surface area contributed by atoms with Gasteiger partial charge in [-0.05, 0) is 56.0 Å². The van der Waals surface area contributed by atoms with Crippen molar-refractivity contribution < 1.29 is 14.2 Å². The topological polar surface area (TPSA) is 39.7 Å². The molecule has 1 heterocycles. The maximum Gasteiger partial charge on any atom is 0.122 e. The molecule has 0 aromatic heterocycles. The normalized spacial score (nSPS) is 18.8. The van der Waals surface area contributed by atoms with Gasteiger partial charge in [0.1, 0.15) is 11.5 Å². The van der Waals surface area contributed by atoms with Crippen LogP contribution in [0.4, 0.5) is 0 Å². The zero-order valence-corrected chi connectivity index (χ0v) is 12.5. The lowest BCUT2D eigenvalue weighted by Gasteiger charge is -2.22. The van der Waals surface area contributed by atoms with Crippen LogP contribution in [-0.4, -0.2) is 33.9 Å². The van der Waals surface area contributed by atoms with Gasteiger partial charge in [0.2, 0.25) is 0 Å². The Bertz CT molecular complexity index is 380. The fourth-order valence-corrected chi connectivity index (χ4v) is 2.56. The molecule has 1 aromatic rings. The highest BCUT2D eigenvalue weighted by atomic mass is 16.5. The van der Waals surface area contributed by atoms with E-state index in [2.05, 4.69) is 5.32 Å². The van der Waals surface area contributed by atoms with Crippen LogP contribution in [-0.2, 0) is 11.3 Å². The predicted molar refractivity (Wildman–Crippen MR) is 79.4 cm³/mol.